The van der Waals surface area contributed by atoms with Crippen LogP contribution < -0.4 is 14.2 Å². The molecule has 0 unspecified atom stereocenters. The summed E-state index contributed by atoms with van der Waals surface area (Å²) in [7, 11) is 4.37. The van der Waals surface area contributed by atoms with Crippen LogP contribution in [-0.4, -0.2) is 39.2 Å². The molecule has 0 N–H and O–H groups in total. The molecule has 2 rings (SSSR count). The molecule has 6 nitrogen and oxygen atoms in total. The molecular formula is C19H19BrO6. The number of benzene rings is 2. The third-order valence-electron chi connectivity index (χ3n) is 3.68. The molecule has 0 radical (unpaired) electrons. The molecule has 0 spiro atoms. The maximum absolute atomic E-state index is 12.4. The summed E-state index contributed by atoms with van der Waals surface area (Å²) in [4.78, 5) is 24.9. The summed E-state index contributed by atoms with van der Waals surface area (Å²) in [5.41, 5.74) is 0.647. The van der Waals surface area contributed by atoms with Gasteiger partial charge >= 0.3 is 5.97 Å². The molecule has 0 fully saturated rings. The summed E-state index contributed by atoms with van der Waals surface area (Å²) in [5.74, 6) is 0.0578. The van der Waals surface area contributed by atoms with Crippen molar-refractivity contribution in [3.8, 4) is 17.2 Å². The van der Waals surface area contributed by atoms with E-state index in [0.29, 0.717) is 22.8 Å². The summed E-state index contributed by atoms with van der Waals surface area (Å²) in [5, 5.41) is 0. The number of Topliss-reactive ketones (excluding diaryl/α,β-unsaturated/α-hetero) is 1. The van der Waals surface area contributed by atoms with Gasteiger partial charge in [-0.25, -0.2) is 4.79 Å². The van der Waals surface area contributed by atoms with Gasteiger partial charge in [0.2, 0.25) is 11.5 Å². The zero-order valence-corrected chi connectivity index (χ0v) is 16.5. The van der Waals surface area contributed by atoms with E-state index < -0.39 is 12.1 Å². The Morgan fingerprint density at radius 2 is 1.42 bits per heavy atom. The van der Waals surface area contributed by atoms with Gasteiger partial charge in [0, 0.05) is 10.0 Å². The van der Waals surface area contributed by atoms with Crippen molar-refractivity contribution >= 4 is 27.7 Å². The number of ether oxygens (including phenoxy) is 4. The van der Waals surface area contributed by atoms with Gasteiger partial charge in [-0.05, 0) is 31.2 Å². The largest absolute Gasteiger partial charge is 0.493 e. The molecule has 0 aliphatic rings. The minimum Gasteiger partial charge on any atom is -0.493 e. The maximum Gasteiger partial charge on any atom is 0.339 e. The van der Waals surface area contributed by atoms with Gasteiger partial charge in [-0.15, -0.1) is 0 Å². The lowest BCUT2D eigenvalue weighted by atomic mass is 10.1. The molecule has 0 saturated heterocycles. The fourth-order valence-corrected chi connectivity index (χ4v) is 2.59. The summed E-state index contributed by atoms with van der Waals surface area (Å²) in [6.07, 6.45) is -0.942. The predicted octanol–water partition coefficient (Wildman–Crippen LogP) is 3.90. The van der Waals surface area contributed by atoms with Crippen LogP contribution in [0.4, 0.5) is 0 Å². The smallest absolute Gasteiger partial charge is 0.339 e. The first kappa shape index (κ1) is 19.8. The Labute approximate surface area is 160 Å². The van der Waals surface area contributed by atoms with Crippen LogP contribution in [0.3, 0.4) is 0 Å². The lowest BCUT2D eigenvalue weighted by Gasteiger charge is -2.15. The van der Waals surface area contributed by atoms with Gasteiger partial charge in [0.05, 0.1) is 26.9 Å². The highest BCUT2D eigenvalue weighted by Gasteiger charge is 2.23. The molecule has 138 valence electrons. The van der Waals surface area contributed by atoms with Crippen LogP contribution in [0, 0.1) is 0 Å². The third-order valence-corrected chi connectivity index (χ3v) is 4.21. The van der Waals surface area contributed by atoms with Crippen molar-refractivity contribution in [2.45, 2.75) is 13.0 Å². The summed E-state index contributed by atoms with van der Waals surface area (Å²) >= 11 is 3.31. The van der Waals surface area contributed by atoms with Gasteiger partial charge in [-0.1, -0.05) is 28.1 Å². The van der Waals surface area contributed by atoms with Crippen molar-refractivity contribution in [3.63, 3.8) is 0 Å². The Bertz CT molecular complexity index is 775. The highest BCUT2D eigenvalue weighted by molar-refractivity contribution is 9.10. The van der Waals surface area contributed by atoms with Crippen LogP contribution in [0.25, 0.3) is 0 Å². The van der Waals surface area contributed by atoms with Crippen LogP contribution in [0.15, 0.2) is 40.9 Å². The fourth-order valence-electron chi connectivity index (χ4n) is 2.33. The van der Waals surface area contributed by atoms with E-state index in [2.05, 4.69) is 15.9 Å². The SMILES string of the molecule is COc1cc(C(=O)O[C@H](C)C(=O)c2ccc(Br)cc2)cc(OC)c1OC. The number of hydrogen-bond acceptors (Lipinski definition) is 6. The molecule has 7 heteroatoms. The lowest BCUT2D eigenvalue weighted by molar-refractivity contribution is 0.0318. The number of carbonyl (C=O) groups excluding carboxylic acids is 2. The number of rotatable bonds is 7. The third kappa shape index (κ3) is 4.35. The lowest BCUT2D eigenvalue weighted by Crippen LogP contribution is -2.24. The molecule has 0 amide bonds. The van der Waals surface area contributed by atoms with Crippen molar-refractivity contribution < 1.29 is 28.5 Å². The van der Waals surface area contributed by atoms with Crippen molar-refractivity contribution in [2.75, 3.05) is 21.3 Å². The van der Waals surface area contributed by atoms with Crippen LogP contribution in [-0.2, 0) is 4.74 Å². The normalized spacial score (nSPS) is 11.4. The first-order valence-corrected chi connectivity index (χ1v) is 8.51. The van der Waals surface area contributed by atoms with E-state index in [4.69, 9.17) is 18.9 Å². The van der Waals surface area contributed by atoms with Crippen LogP contribution in [0.2, 0.25) is 0 Å². The fraction of sp³-hybridized carbons (Fsp3) is 0.263. The molecular weight excluding hydrogens is 404 g/mol. The standard InChI is InChI=1S/C19H19BrO6/c1-11(17(21)12-5-7-14(20)8-6-12)26-19(22)13-9-15(23-2)18(25-4)16(10-13)24-3/h5-11H,1-4H3/t11-/m1/s1. The molecule has 0 aliphatic heterocycles. The minimum atomic E-state index is -0.942. The summed E-state index contributed by atoms with van der Waals surface area (Å²) in [6, 6.07) is 9.77. The second kappa shape index (κ2) is 8.71. The number of halogens is 1. The molecule has 0 aromatic heterocycles. The highest BCUT2D eigenvalue weighted by atomic mass is 79.9. The van der Waals surface area contributed by atoms with Crippen molar-refractivity contribution in [2.24, 2.45) is 0 Å². The van der Waals surface area contributed by atoms with E-state index in [9.17, 15) is 9.59 Å². The molecule has 1 atom stereocenters. The summed E-state index contributed by atoms with van der Waals surface area (Å²) < 4.78 is 21.8. The van der Waals surface area contributed by atoms with E-state index in [0.717, 1.165) is 4.47 Å². The van der Waals surface area contributed by atoms with Crippen molar-refractivity contribution in [1.82, 2.24) is 0 Å². The number of methoxy groups -OCH3 is 3. The Morgan fingerprint density at radius 3 is 1.88 bits per heavy atom. The average Bonchev–Trinajstić information content (AvgIpc) is 2.66. The molecule has 0 bridgehead atoms. The van der Waals surface area contributed by atoms with Crippen LogP contribution in [0.5, 0.6) is 17.2 Å². The number of ketones is 1. The van der Waals surface area contributed by atoms with Gasteiger partial charge in [-0.2, -0.15) is 0 Å². The van der Waals surface area contributed by atoms with Crippen molar-refractivity contribution in [1.29, 1.82) is 0 Å². The zero-order chi connectivity index (χ0) is 19.3. The Hall–Kier alpha value is -2.54. The van der Waals surface area contributed by atoms with Gasteiger partial charge in [0.15, 0.2) is 17.6 Å². The minimum absolute atomic E-state index is 0.190. The van der Waals surface area contributed by atoms with Gasteiger partial charge in [-0.3, -0.25) is 4.79 Å². The van der Waals surface area contributed by atoms with Crippen LogP contribution >= 0.6 is 15.9 Å². The number of esters is 1. The Kier molecular flexibility index (Phi) is 6.63. The number of carbonyl (C=O) groups is 2. The molecule has 26 heavy (non-hydrogen) atoms. The van der Waals surface area contributed by atoms with E-state index >= 15 is 0 Å². The second-order valence-electron chi connectivity index (χ2n) is 5.33. The average molecular weight is 423 g/mol. The molecule has 2 aromatic rings. The van der Waals surface area contributed by atoms with Crippen molar-refractivity contribution in [3.05, 3.63) is 52.0 Å². The molecule has 0 saturated carbocycles. The Balaban J connectivity index is 2.21. The zero-order valence-electron chi connectivity index (χ0n) is 14.9. The summed E-state index contributed by atoms with van der Waals surface area (Å²) in [6.45, 7) is 1.53. The van der Waals surface area contributed by atoms with Gasteiger partial charge < -0.3 is 18.9 Å². The van der Waals surface area contributed by atoms with Gasteiger partial charge in [0.25, 0.3) is 0 Å². The predicted molar refractivity (Wildman–Crippen MR) is 99.4 cm³/mol. The van der Waals surface area contributed by atoms with Gasteiger partial charge in [0.1, 0.15) is 0 Å². The second-order valence-corrected chi connectivity index (χ2v) is 6.25. The van der Waals surface area contributed by atoms with E-state index in [1.54, 1.807) is 24.3 Å². The quantitative estimate of drug-likeness (QED) is 0.497. The highest BCUT2D eigenvalue weighted by Crippen LogP contribution is 2.38. The Morgan fingerprint density at radius 1 is 0.885 bits per heavy atom. The van der Waals surface area contributed by atoms with Crippen LogP contribution in [0.1, 0.15) is 27.6 Å². The van der Waals surface area contributed by atoms with E-state index in [1.807, 2.05) is 0 Å². The molecule has 2 aromatic carbocycles. The first-order chi connectivity index (χ1) is 12.4. The van der Waals surface area contributed by atoms with E-state index in [-0.39, 0.29) is 11.3 Å². The molecule has 0 heterocycles. The number of hydrogen-bond donors (Lipinski definition) is 0. The maximum atomic E-state index is 12.4. The van der Waals surface area contributed by atoms with E-state index in [1.165, 1.54) is 40.4 Å². The monoisotopic (exact) mass is 422 g/mol. The molecule has 0 aliphatic carbocycles. The topological polar surface area (TPSA) is 71.1 Å². The first-order valence-electron chi connectivity index (χ1n) is 7.72.